The van der Waals surface area contributed by atoms with Gasteiger partial charge >= 0.3 is 0 Å². The normalized spacial score (nSPS) is 25.2. The van der Waals surface area contributed by atoms with Crippen molar-refractivity contribution in [3.8, 4) is 0 Å². The molecule has 2 saturated heterocycles. The molecule has 0 spiro atoms. The summed E-state index contributed by atoms with van der Waals surface area (Å²) in [5.74, 6) is 0.678. The highest BCUT2D eigenvalue weighted by molar-refractivity contribution is 9.10. The van der Waals surface area contributed by atoms with Crippen molar-refractivity contribution in [3.63, 3.8) is 0 Å². The van der Waals surface area contributed by atoms with Crippen LogP contribution in [0.15, 0.2) is 22.7 Å². The van der Waals surface area contributed by atoms with E-state index < -0.39 is 0 Å². The van der Waals surface area contributed by atoms with Gasteiger partial charge in [-0.05, 0) is 78.8 Å². The molecular formula is C16H22BrFN2. The van der Waals surface area contributed by atoms with Gasteiger partial charge in [0, 0.05) is 12.6 Å². The van der Waals surface area contributed by atoms with Crippen molar-refractivity contribution in [1.82, 2.24) is 10.2 Å². The maximum absolute atomic E-state index is 13.5. The van der Waals surface area contributed by atoms with E-state index >= 15 is 0 Å². The molecule has 0 aromatic heterocycles. The van der Waals surface area contributed by atoms with Crippen LogP contribution in [0.5, 0.6) is 0 Å². The second-order valence-electron chi connectivity index (χ2n) is 6.03. The van der Waals surface area contributed by atoms with E-state index in [-0.39, 0.29) is 5.82 Å². The fourth-order valence-electron chi connectivity index (χ4n) is 3.54. The van der Waals surface area contributed by atoms with E-state index in [0.29, 0.717) is 4.47 Å². The topological polar surface area (TPSA) is 15.3 Å². The van der Waals surface area contributed by atoms with Gasteiger partial charge in [-0.15, -0.1) is 0 Å². The molecule has 1 unspecified atom stereocenters. The van der Waals surface area contributed by atoms with E-state index in [0.717, 1.165) is 37.2 Å². The number of hydrogen-bond donors (Lipinski definition) is 1. The van der Waals surface area contributed by atoms with Gasteiger partial charge in [0.2, 0.25) is 0 Å². The van der Waals surface area contributed by atoms with E-state index in [4.69, 9.17) is 0 Å². The Balaban J connectivity index is 1.54. The molecule has 0 radical (unpaired) electrons. The van der Waals surface area contributed by atoms with Crippen molar-refractivity contribution < 1.29 is 4.39 Å². The van der Waals surface area contributed by atoms with Crippen molar-refractivity contribution in [2.75, 3.05) is 19.6 Å². The molecule has 20 heavy (non-hydrogen) atoms. The summed E-state index contributed by atoms with van der Waals surface area (Å²) in [5, 5.41) is 3.63. The number of benzene rings is 1. The van der Waals surface area contributed by atoms with Gasteiger partial charge in [-0.2, -0.15) is 0 Å². The zero-order valence-corrected chi connectivity index (χ0v) is 13.3. The van der Waals surface area contributed by atoms with Gasteiger partial charge in [-0.3, -0.25) is 4.90 Å². The highest BCUT2D eigenvalue weighted by atomic mass is 79.9. The standard InChI is InChI=1S/C16H22BrFN2/c17-16-13(3-1-4-14(16)18)11-20-9-6-12(7-10-20)15-5-2-8-19-15/h1,3-4,12,15,19H,2,5-11H2. The lowest BCUT2D eigenvalue weighted by atomic mass is 9.88. The van der Waals surface area contributed by atoms with Crippen molar-refractivity contribution >= 4 is 15.9 Å². The molecule has 110 valence electrons. The first-order valence-corrected chi connectivity index (χ1v) is 8.42. The fourth-order valence-corrected chi connectivity index (χ4v) is 3.93. The SMILES string of the molecule is Fc1cccc(CN2CCC(C3CCCN3)CC2)c1Br. The molecular weight excluding hydrogens is 319 g/mol. The Morgan fingerprint density at radius 3 is 2.75 bits per heavy atom. The third-order valence-corrected chi connectivity index (χ3v) is 5.61. The summed E-state index contributed by atoms with van der Waals surface area (Å²) < 4.78 is 14.2. The molecule has 2 nitrogen and oxygen atoms in total. The van der Waals surface area contributed by atoms with Crippen molar-refractivity contribution in [2.24, 2.45) is 5.92 Å². The van der Waals surface area contributed by atoms with Gasteiger partial charge in [-0.1, -0.05) is 12.1 Å². The summed E-state index contributed by atoms with van der Waals surface area (Å²) in [6, 6.07) is 6.06. The van der Waals surface area contributed by atoms with Gasteiger partial charge in [-0.25, -0.2) is 4.39 Å². The maximum Gasteiger partial charge on any atom is 0.137 e. The van der Waals surface area contributed by atoms with Crippen LogP contribution >= 0.6 is 15.9 Å². The minimum Gasteiger partial charge on any atom is -0.314 e. The third-order valence-electron chi connectivity index (χ3n) is 4.73. The molecule has 2 heterocycles. The predicted octanol–water partition coefficient (Wildman–Crippen LogP) is 3.55. The Labute approximate surface area is 128 Å². The third kappa shape index (κ3) is 3.23. The molecule has 0 amide bonds. The number of halogens is 2. The highest BCUT2D eigenvalue weighted by Gasteiger charge is 2.28. The molecule has 3 rings (SSSR count). The molecule has 0 saturated carbocycles. The van der Waals surface area contributed by atoms with E-state index in [2.05, 4.69) is 26.1 Å². The van der Waals surface area contributed by atoms with Crippen LogP contribution in [0.3, 0.4) is 0 Å². The maximum atomic E-state index is 13.5. The van der Waals surface area contributed by atoms with Gasteiger partial charge in [0.1, 0.15) is 5.82 Å². The lowest BCUT2D eigenvalue weighted by Gasteiger charge is -2.35. The summed E-state index contributed by atoms with van der Waals surface area (Å²) in [6.07, 6.45) is 5.22. The van der Waals surface area contributed by atoms with E-state index in [1.165, 1.54) is 38.3 Å². The van der Waals surface area contributed by atoms with Crippen LogP contribution in [-0.4, -0.2) is 30.6 Å². The average molecular weight is 341 g/mol. The molecule has 1 aromatic rings. The monoisotopic (exact) mass is 340 g/mol. The van der Waals surface area contributed by atoms with E-state index in [1.54, 1.807) is 6.07 Å². The second-order valence-corrected chi connectivity index (χ2v) is 6.82. The molecule has 2 aliphatic rings. The molecule has 2 aliphatic heterocycles. The van der Waals surface area contributed by atoms with Gasteiger partial charge in [0.15, 0.2) is 0 Å². The Bertz CT molecular complexity index is 452. The van der Waals surface area contributed by atoms with Crippen LogP contribution in [0.1, 0.15) is 31.2 Å². The predicted molar refractivity (Wildman–Crippen MR) is 83.1 cm³/mol. The largest absolute Gasteiger partial charge is 0.314 e. The lowest BCUT2D eigenvalue weighted by molar-refractivity contribution is 0.157. The van der Waals surface area contributed by atoms with Crippen molar-refractivity contribution in [3.05, 3.63) is 34.1 Å². The van der Waals surface area contributed by atoms with E-state index in [1.807, 2.05) is 6.07 Å². The first kappa shape index (κ1) is 14.5. The van der Waals surface area contributed by atoms with Crippen LogP contribution in [-0.2, 0) is 6.54 Å². The molecule has 0 aliphatic carbocycles. The van der Waals surface area contributed by atoms with Crippen LogP contribution in [0.2, 0.25) is 0 Å². The summed E-state index contributed by atoms with van der Waals surface area (Å²) in [6.45, 7) is 4.31. The fraction of sp³-hybridized carbons (Fsp3) is 0.625. The average Bonchev–Trinajstić information content (AvgIpc) is 2.99. The summed E-state index contributed by atoms with van der Waals surface area (Å²) in [7, 11) is 0. The second kappa shape index (κ2) is 6.54. The molecule has 4 heteroatoms. The van der Waals surface area contributed by atoms with Crippen LogP contribution < -0.4 is 5.32 Å². The number of rotatable bonds is 3. The van der Waals surface area contributed by atoms with E-state index in [9.17, 15) is 4.39 Å². The Kier molecular flexibility index (Phi) is 4.74. The first-order chi connectivity index (χ1) is 9.74. The molecule has 1 N–H and O–H groups in total. The Morgan fingerprint density at radius 2 is 2.05 bits per heavy atom. The molecule has 2 fully saturated rings. The van der Waals surface area contributed by atoms with Crippen LogP contribution in [0.25, 0.3) is 0 Å². The van der Waals surface area contributed by atoms with Crippen LogP contribution in [0.4, 0.5) is 4.39 Å². The highest BCUT2D eigenvalue weighted by Crippen LogP contribution is 2.28. The zero-order chi connectivity index (χ0) is 13.9. The number of hydrogen-bond acceptors (Lipinski definition) is 2. The smallest absolute Gasteiger partial charge is 0.137 e. The molecule has 1 atom stereocenters. The van der Waals surface area contributed by atoms with Crippen LogP contribution in [0, 0.1) is 11.7 Å². The zero-order valence-electron chi connectivity index (χ0n) is 11.7. The molecule has 0 bridgehead atoms. The number of likely N-dealkylation sites (tertiary alicyclic amines) is 1. The Hall–Kier alpha value is -0.450. The first-order valence-electron chi connectivity index (χ1n) is 7.62. The Morgan fingerprint density at radius 1 is 1.25 bits per heavy atom. The van der Waals surface area contributed by atoms with Crippen molar-refractivity contribution in [2.45, 2.75) is 38.3 Å². The summed E-state index contributed by atoms with van der Waals surface area (Å²) >= 11 is 3.36. The quantitative estimate of drug-likeness (QED) is 0.905. The minimum atomic E-state index is -0.160. The minimum absolute atomic E-state index is 0.160. The number of nitrogens with one attached hydrogen (secondary N) is 1. The number of piperidine rings is 1. The van der Waals surface area contributed by atoms with Gasteiger partial charge < -0.3 is 5.32 Å². The molecule has 1 aromatic carbocycles. The summed E-state index contributed by atoms with van der Waals surface area (Å²) in [4.78, 5) is 2.45. The lowest BCUT2D eigenvalue weighted by Crippen LogP contribution is -2.40. The van der Waals surface area contributed by atoms with Gasteiger partial charge in [0.25, 0.3) is 0 Å². The van der Waals surface area contributed by atoms with Crippen molar-refractivity contribution in [1.29, 1.82) is 0 Å². The summed E-state index contributed by atoms with van der Waals surface area (Å²) in [5.41, 5.74) is 1.06. The van der Waals surface area contributed by atoms with Gasteiger partial charge in [0.05, 0.1) is 4.47 Å². The number of nitrogens with zero attached hydrogens (tertiary/aromatic N) is 1.